The van der Waals surface area contributed by atoms with Gasteiger partial charge in [0.15, 0.2) is 11.5 Å². The Morgan fingerprint density at radius 3 is 2.69 bits per heavy atom. The van der Waals surface area contributed by atoms with Gasteiger partial charge in [-0.2, -0.15) is 0 Å². The van der Waals surface area contributed by atoms with Gasteiger partial charge in [-0.15, -0.1) is 0 Å². The molecule has 0 spiro atoms. The fraction of sp³-hybridized carbons (Fsp3) is 0.375. The second-order valence-electron chi connectivity index (χ2n) is 7.73. The summed E-state index contributed by atoms with van der Waals surface area (Å²) in [6.45, 7) is 7.35. The smallest absolute Gasteiger partial charge is 0.295 e. The van der Waals surface area contributed by atoms with Crippen molar-refractivity contribution < 1.29 is 24.2 Å². The Morgan fingerprint density at radius 2 is 1.97 bits per heavy atom. The standard InChI is InChI=1S/C24H27N3O5/c1-3-26(4-2)11-6-12-27-21(17-7-5-10-25-14-17)20(23(29)24(27)30)22(28)16-8-9-18-19(13-16)32-15-31-18/h5,7-10,13-14,21,28H,3-4,6,11-12,15H2,1-2H3/t21-/m1/s1. The summed E-state index contributed by atoms with van der Waals surface area (Å²) in [5, 5.41) is 11.1. The molecule has 1 aromatic heterocycles. The second kappa shape index (κ2) is 9.40. The molecule has 1 aromatic carbocycles. The number of fused-ring (bicyclic) bond motifs is 1. The zero-order valence-corrected chi connectivity index (χ0v) is 18.3. The lowest BCUT2D eigenvalue weighted by atomic mass is 9.96. The molecule has 1 fully saturated rings. The van der Waals surface area contributed by atoms with Crippen LogP contribution in [-0.2, 0) is 9.59 Å². The summed E-state index contributed by atoms with van der Waals surface area (Å²) in [5.74, 6) is -0.484. The van der Waals surface area contributed by atoms with Crippen LogP contribution in [0.15, 0.2) is 48.3 Å². The fourth-order valence-corrected chi connectivity index (χ4v) is 4.20. The Hall–Kier alpha value is -3.39. The molecule has 0 radical (unpaired) electrons. The topological polar surface area (TPSA) is 92.2 Å². The molecule has 1 atom stereocenters. The van der Waals surface area contributed by atoms with Crippen molar-refractivity contribution in [3.8, 4) is 11.5 Å². The van der Waals surface area contributed by atoms with E-state index in [0.717, 1.165) is 26.1 Å². The maximum atomic E-state index is 13.1. The third-order valence-corrected chi connectivity index (χ3v) is 5.95. The fourth-order valence-electron chi connectivity index (χ4n) is 4.20. The van der Waals surface area contributed by atoms with Gasteiger partial charge in [-0.05, 0) is 55.9 Å². The van der Waals surface area contributed by atoms with Crippen molar-refractivity contribution in [2.24, 2.45) is 0 Å². The predicted octanol–water partition coefficient (Wildman–Crippen LogP) is 2.96. The third-order valence-electron chi connectivity index (χ3n) is 5.95. The summed E-state index contributed by atoms with van der Waals surface area (Å²) in [6, 6.07) is 7.81. The molecule has 1 amide bonds. The Morgan fingerprint density at radius 1 is 1.19 bits per heavy atom. The number of amides is 1. The molecular weight excluding hydrogens is 410 g/mol. The average Bonchev–Trinajstić information content (AvgIpc) is 3.39. The van der Waals surface area contributed by atoms with Crippen molar-refractivity contribution in [1.82, 2.24) is 14.8 Å². The van der Waals surface area contributed by atoms with Crippen LogP contribution in [0, 0.1) is 0 Å². The van der Waals surface area contributed by atoms with Gasteiger partial charge >= 0.3 is 0 Å². The highest BCUT2D eigenvalue weighted by molar-refractivity contribution is 6.46. The summed E-state index contributed by atoms with van der Waals surface area (Å²) in [4.78, 5) is 34.0. The molecule has 2 aromatic rings. The number of aliphatic hydroxyl groups is 1. The summed E-state index contributed by atoms with van der Waals surface area (Å²) in [7, 11) is 0. The number of rotatable bonds is 8. The quantitative estimate of drug-likeness (QED) is 0.386. The van der Waals surface area contributed by atoms with E-state index in [2.05, 4.69) is 23.7 Å². The molecule has 4 rings (SSSR count). The van der Waals surface area contributed by atoms with E-state index in [1.807, 2.05) is 6.07 Å². The SMILES string of the molecule is CCN(CC)CCCN1C(=O)C(=O)C(=C(O)c2ccc3c(c2)OCO3)[C@H]1c1cccnc1. The molecular formula is C24H27N3O5. The highest BCUT2D eigenvalue weighted by atomic mass is 16.7. The monoisotopic (exact) mass is 437 g/mol. The second-order valence-corrected chi connectivity index (χ2v) is 7.73. The van der Waals surface area contributed by atoms with Gasteiger partial charge in [-0.3, -0.25) is 14.6 Å². The Balaban J connectivity index is 1.71. The highest BCUT2D eigenvalue weighted by Gasteiger charge is 2.46. The van der Waals surface area contributed by atoms with E-state index in [4.69, 9.17) is 9.47 Å². The summed E-state index contributed by atoms with van der Waals surface area (Å²) >= 11 is 0. The van der Waals surface area contributed by atoms with Gasteiger partial charge in [-0.1, -0.05) is 19.9 Å². The van der Waals surface area contributed by atoms with Crippen LogP contribution >= 0.6 is 0 Å². The first kappa shape index (κ1) is 21.8. The number of aliphatic hydroxyl groups excluding tert-OH is 1. The van der Waals surface area contributed by atoms with Crippen molar-refractivity contribution >= 4 is 17.4 Å². The summed E-state index contributed by atoms with van der Waals surface area (Å²) in [5.41, 5.74) is 1.13. The van der Waals surface area contributed by atoms with Gasteiger partial charge in [0.25, 0.3) is 11.7 Å². The lowest BCUT2D eigenvalue weighted by Crippen LogP contribution is -2.33. The first-order valence-electron chi connectivity index (χ1n) is 10.9. The minimum atomic E-state index is -0.703. The molecule has 0 aliphatic carbocycles. The van der Waals surface area contributed by atoms with Crippen LogP contribution in [0.25, 0.3) is 5.76 Å². The van der Waals surface area contributed by atoms with E-state index < -0.39 is 17.7 Å². The molecule has 8 heteroatoms. The van der Waals surface area contributed by atoms with Gasteiger partial charge in [-0.25, -0.2) is 0 Å². The van der Waals surface area contributed by atoms with Crippen LogP contribution in [0.3, 0.4) is 0 Å². The molecule has 0 bridgehead atoms. The number of pyridine rings is 1. The lowest BCUT2D eigenvalue weighted by Gasteiger charge is -2.26. The number of Topliss-reactive ketones (excluding diaryl/α,β-unsaturated/α-hetero) is 1. The zero-order valence-electron chi connectivity index (χ0n) is 18.3. The Kier molecular flexibility index (Phi) is 6.41. The number of nitrogens with zero attached hydrogens (tertiary/aromatic N) is 3. The lowest BCUT2D eigenvalue weighted by molar-refractivity contribution is -0.140. The van der Waals surface area contributed by atoms with Gasteiger partial charge in [0.05, 0.1) is 11.6 Å². The van der Waals surface area contributed by atoms with Gasteiger partial charge in [0.2, 0.25) is 6.79 Å². The van der Waals surface area contributed by atoms with E-state index in [1.165, 1.54) is 0 Å². The van der Waals surface area contributed by atoms with E-state index in [1.54, 1.807) is 41.6 Å². The van der Waals surface area contributed by atoms with Crippen LogP contribution in [0.4, 0.5) is 0 Å². The molecule has 1 N–H and O–H groups in total. The molecule has 168 valence electrons. The number of carbonyl (C=O) groups is 2. The van der Waals surface area contributed by atoms with E-state index >= 15 is 0 Å². The minimum absolute atomic E-state index is 0.0599. The number of carbonyl (C=O) groups excluding carboxylic acids is 2. The number of ketones is 1. The van der Waals surface area contributed by atoms with Gasteiger partial charge in [0, 0.05) is 24.5 Å². The molecule has 1 saturated heterocycles. The van der Waals surface area contributed by atoms with E-state index in [0.29, 0.717) is 29.2 Å². The number of hydrogen-bond acceptors (Lipinski definition) is 7. The Labute approximate surface area is 187 Å². The van der Waals surface area contributed by atoms with Crippen LogP contribution in [0.5, 0.6) is 11.5 Å². The van der Waals surface area contributed by atoms with Crippen LogP contribution in [0.1, 0.15) is 37.4 Å². The van der Waals surface area contributed by atoms with Crippen molar-refractivity contribution in [3.63, 3.8) is 0 Å². The summed E-state index contributed by atoms with van der Waals surface area (Å²) < 4.78 is 10.7. The maximum absolute atomic E-state index is 13.1. The van der Waals surface area contributed by atoms with E-state index in [-0.39, 0.29) is 18.1 Å². The number of aromatic nitrogens is 1. The minimum Gasteiger partial charge on any atom is -0.507 e. The highest BCUT2D eigenvalue weighted by Crippen LogP contribution is 2.41. The molecule has 2 aliphatic heterocycles. The molecule has 2 aliphatic rings. The number of benzene rings is 1. The third kappa shape index (κ3) is 4.05. The first-order chi connectivity index (χ1) is 15.5. The van der Waals surface area contributed by atoms with Crippen molar-refractivity contribution in [2.75, 3.05) is 33.0 Å². The zero-order chi connectivity index (χ0) is 22.7. The van der Waals surface area contributed by atoms with Crippen LogP contribution in [-0.4, -0.2) is 64.6 Å². The molecule has 32 heavy (non-hydrogen) atoms. The van der Waals surface area contributed by atoms with Gasteiger partial charge < -0.3 is 24.4 Å². The Bertz CT molecular complexity index is 1030. The summed E-state index contributed by atoms with van der Waals surface area (Å²) in [6.07, 6.45) is 3.98. The van der Waals surface area contributed by atoms with Crippen LogP contribution in [0.2, 0.25) is 0 Å². The largest absolute Gasteiger partial charge is 0.507 e. The molecule has 0 unspecified atom stereocenters. The first-order valence-corrected chi connectivity index (χ1v) is 10.9. The van der Waals surface area contributed by atoms with Crippen molar-refractivity contribution in [2.45, 2.75) is 26.3 Å². The maximum Gasteiger partial charge on any atom is 0.295 e. The molecule has 8 nitrogen and oxygen atoms in total. The van der Waals surface area contributed by atoms with Gasteiger partial charge in [0.1, 0.15) is 5.76 Å². The molecule has 0 saturated carbocycles. The number of hydrogen-bond donors (Lipinski definition) is 1. The van der Waals surface area contributed by atoms with Crippen molar-refractivity contribution in [3.05, 3.63) is 59.4 Å². The molecule has 3 heterocycles. The van der Waals surface area contributed by atoms with Crippen molar-refractivity contribution in [1.29, 1.82) is 0 Å². The predicted molar refractivity (Wildman–Crippen MR) is 118 cm³/mol. The number of likely N-dealkylation sites (tertiary alicyclic amines) is 1. The van der Waals surface area contributed by atoms with E-state index in [9.17, 15) is 14.7 Å². The van der Waals surface area contributed by atoms with Crippen LogP contribution < -0.4 is 9.47 Å². The number of ether oxygens (including phenoxy) is 2. The normalized spacial score (nSPS) is 19.2. The average molecular weight is 437 g/mol.